The molecule has 148 valence electrons. The molecule has 0 spiro atoms. The summed E-state index contributed by atoms with van der Waals surface area (Å²) < 4.78 is 3.41. The molecule has 2 aromatic heterocycles. The van der Waals surface area contributed by atoms with Gasteiger partial charge < -0.3 is 15.0 Å². The lowest BCUT2D eigenvalue weighted by Crippen LogP contribution is -2.28. The number of anilines is 1. The molecule has 0 aliphatic heterocycles. The van der Waals surface area contributed by atoms with Crippen molar-refractivity contribution in [2.75, 3.05) is 11.9 Å². The second-order valence-electron chi connectivity index (χ2n) is 6.81. The van der Waals surface area contributed by atoms with Gasteiger partial charge in [-0.25, -0.2) is 4.98 Å². The first kappa shape index (κ1) is 18.9. The highest BCUT2D eigenvalue weighted by Crippen LogP contribution is 2.19. The van der Waals surface area contributed by atoms with E-state index >= 15 is 0 Å². The Morgan fingerprint density at radius 1 is 1.07 bits per heavy atom. The van der Waals surface area contributed by atoms with Crippen LogP contribution in [-0.2, 0) is 13.1 Å². The Morgan fingerprint density at radius 3 is 2.41 bits per heavy atom. The van der Waals surface area contributed by atoms with Crippen LogP contribution in [0.25, 0.3) is 11.2 Å². The summed E-state index contributed by atoms with van der Waals surface area (Å²) in [6, 6.07) is 19.2. The van der Waals surface area contributed by atoms with Gasteiger partial charge in [0.1, 0.15) is 0 Å². The molecule has 0 unspecified atom stereocenters. The van der Waals surface area contributed by atoms with Crippen molar-refractivity contribution in [3.8, 4) is 0 Å². The summed E-state index contributed by atoms with van der Waals surface area (Å²) in [4.78, 5) is 22.2. The van der Waals surface area contributed by atoms with Crippen molar-refractivity contribution in [3.05, 3.63) is 88.5 Å². The molecule has 0 saturated heterocycles. The van der Waals surface area contributed by atoms with Crippen LogP contribution < -0.4 is 10.9 Å². The molecule has 2 heterocycles. The van der Waals surface area contributed by atoms with Gasteiger partial charge in [-0.1, -0.05) is 60.7 Å². The van der Waals surface area contributed by atoms with Gasteiger partial charge in [-0.05, 0) is 18.1 Å². The third kappa shape index (κ3) is 3.77. The van der Waals surface area contributed by atoms with E-state index in [2.05, 4.69) is 15.3 Å². The average molecular weight is 389 g/mol. The van der Waals surface area contributed by atoms with Crippen LogP contribution in [0.5, 0.6) is 0 Å². The molecule has 0 bridgehead atoms. The topological polar surface area (TPSA) is 85.0 Å². The van der Waals surface area contributed by atoms with Crippen LogP contribution >= 0.6 is 0 Å². The number of benzene rings is 2. The van der Waals surface area contributed by atoms with Gasteiger partial charge in [-0.2, -0.15) is 4.98 Å². The van der Waals surface area contributed by atoms with Crippen molar-refractivity contribution in [1.29, 1.82) is 0 Å². The minimum absolute atomic E-state index is 0.121. The fourth-order valence-corrected chi connectivity index (χ4v) is 3.44. The first-order valence-electron chi connectivity index (χ1n) is 9.63. The summed E-state index contributed by atoms with van der Waals surface area (Å²) in [5.74, 6) is 0.401. The molecule has 4 aromatic rings. The predicted octanol–water partition coefficient (Wildman–Crippen LogP) is 2.81. The second-order valence-corrected chi connectivity index (χ2v) is 6.81. The van der Waals surface area contributed by atoms with Crippen LogP contribution in [-0.4, -0.2) is 30.8 Å². The number of fused-ring (bicyclic) bond motifs is 1. The Hall–Kier alpha value is -3.45. The van der Waals surface area contributed by atoms with Gasteiger partial charge in [0.05, 0.1) is 19.0 Å². The van der Waals surface area contributed by atoms with Crippen molar-refractivity contribution >= 4 is 17.1 Å². The molecular weight excluding hydrogens is 366 g/mol. The molecule has 0 radical (unpaired) electrons. The van der Waals surface area contributed by atoms with Crippen LogP contribution in [0.15, 0.2) is 71.8 Å². The van der Waals surface area contributed by atoms with Gasteiger partial charge in [0.15, 0.2) is 11.2 Å². The van der Waals surface area contributed by atoms with Crippen molar-refractivity contribution < 1.29 is 5.11 Å². The number of hydrogen-bond acceptors (Lipinski definition) is 5. The molecule has 1 atom stereocenters. The maximum Gasteiger partial charge on any atom is 0.281 e. The van der Waals surface area contributed by atoms with Gasteiger partial charge >= 0.3 is 0 Å². The van der Waals surface area contributed by atoms with Crippen LogP contribution in [0.3, 0.4) is 0 Å². The zero-order valence-electron chi connectivity index (χ0n) is 16.2. The zero-order valence-corrected chi connectivity index (χ0v) is 16.2. The van der Waals surface area contributed by atoms with Gasteiger partial charge in [-0.3, -0.25) is 9.36 Å². The minimum Gasteiger partial charge on any atom is -0.394 e. The van der Waals surface area contributed by atoms with Gasteiger partial charge in [0, 0.05) is 13.1 Å². The number of aliphatic hydroxyl groups is 1. The Kier molecular flexibility index (Phi) is 5.39. The lowest BCUT2D eigenvalue weighted by Gasteiger charge is -2.20. The smallest absolute Gasteiger partial charge is 0.281 e. The van der Waals surface area contributed by atoms with E-state index in [0.717, 1.165) is 11.1 Å². The van der Waals surface area contributed by atoms with E-state index < -0.39 is 0 Å². The summed E-state index contributed by atoms with van der Waals surface area (Å²) in [6.45, 7) is 2.78. The molecule has 0 fully saturated rings. The van der Waals surface area contributed by atoms with E-state index in [-0.39, 0.29) is 18.2 Å². The Morgan fingerprint density at radius 2 is 1.76 bits per heavy atom. The third-order valence-corrected chi connectivity index (χ3v) is 4.93. The largest absolute Gasteiger partial charge is 0.394 e. The molecule has 0 saturated carbocycles. The van der Waals surface area contributed by atoms with Crippen LogP contribution in [0.2, 0.25) is 0 Å². The Bertz CT molecular complexity index is 1150. The predicted molar refractivity (Wildman–Crippen MR) is 113 cm³/mol. The van der Waals surface area contributed by atoms with Gasteiger partial charge in [0.25, 0.3) is 5.56 Å². The normalized spacial score (nSPS) is 12.2. The number of aromatic nitrogens is 4. The SMILES string of the molecule is CCn1c(N[C@@H](CO)c2ccccc2)nc2ncn(Cc3ccccc3)c2c1=O. The van der Waals surface area contributed by atoms with Crippen LogP contribution in [0.4, 0.5) is 5.95 Å². The number of rotatable bonds is 7. The van der Waals surface area contributed by atoms with Gasteiger partial charge in [0.2, 0.25) is 5.95 Å². The van der Waals surface area contributed by atoms with E-state index in [0.29, 0.717) is 30.2 Å². The Labute approximate surface area is 168 Å². The number of aliphatic hydroxyl groups excluding tert-OH is 1. The van der Waals surface area contributed by atoms with Crippen molar-refractivity contribution in [1.82, 2.24) is 19.1 Å². The Balaban J connectivity index is 1.74. The molecular formula is C22H23N5O2. The standard InChI is InChI=1S/C22H23N5O2/c1-2-27-21(29)19-20(23-15-26(19)13-16-9-5-3-6-10-16)25-22(27)24-18(14-28)17-11-7-4-8-12-17/h3-12,15,18,28H,2,13-14H2,1H3,(H,24,25)/t18-/m0/s1. The van der Waals surface area contributed by atoms with E-state index in [9.17, 15) is 9.90 Å². The van der Waals surface area contributed by atoms with Crippen LogP contribution in [0, 0.1) is 0 Å². The van der Waals surface area contributed by atoms with Gasteiger partial charge in [-0.15, -0.1) is 0 Å². The highest BCUT2D eigenvalue weighted by atomic mass is 16.3. The lowest BCUT2D eigenvalue weighted by molar-refractivity contribution is 0.275. The molecule has 0 aliphatic carbocycles. The van der Waals surface area contributed by atoms with E-state index in [4.69, 9.17) is 0 Å². The molecule has 4 rings (SSSR count). The quantitative estimate of drug-likeness (QED) is 0.508. The molecule has 7 nitrogen and oxygen atoms in total. The molecule has 0 amide bonds. The minimum atomic E-state index is -0.371. The van der Waals surface area contributed by atoms with Crippen molar-refractivity contribution in [2.45, 2.75) is 26.1 Å². The number of imidazole rings is 1. The summed E-state index contributed by atoms with van der Waals surface area (Å²) >= 11 is 0. The van der Waals surface area contributed by atoms with E-state index in [1.165, 1.54) is 0 Å². The summed E-state index contributed by atoms with van der Waals surface area (Å²) in [5.41, 5.74) is 2.71. The first-order valence-corrected chi connectivity index (χ1v) is 9.63. The fourth-order valence-electron chi connectivity index (χ4n) is 3.44. The maximum absolute atomic E-state index is 13.2. The van der Waals surface area contributed by atoms with Crippen molar-refractivity contribution in [3.63, 3.8) is 0 Å². The first-order chi connectivity index (χ1) is 14.2. The summed E-state index contributed by atoms with van der Waals surface area (Å²) in [5, 5.41) is 13.1. The molecule has 29 heavy (non-hydrogen) atoms. The zero-order chi connectivity index (χ0) is 20.2. The lowest BCUT2D eigenvalue weighted by atomic mass is 10.1. The number of nitrogens with one attached hydrogen (secondary N) is 1. The van der Waals surface area contributed by atoms with E-state index in [1.54, 1.807) is 10.9 Å². The second kappa shape index (κ2) is 8.28. The highest BCUT2D eigenvalue weighted by Gasteiger charge is 2.18. The summed E-state index contributed by atoms with van der Waals surface area (Å²) in [6.07, 6.45) is 1.65. The maximum atomic E-state index is 13.2. The average Bonchev–Trinajstić information content (AvgIpc) is 3.16. The fraction of sp³-hybridized carbons (Fsp3) is 0.227. The van der Waals surface area contributed by atoms with Crippen molar-refractivity contribution in [2.24, 2.45) is 0 Å². The molecule has 0 aliphatic rings. The summed E-state index contributed by atoms with van der Waals surface area (Å²) in [7, 11) is 0. The number of nitrogens with zero attached hydrogens (tertiary/aromatic N) is 4. The number of hydrogen-bond donors (Lipinski definition) is 2. The molecule has 2 N–H and O–H groups in total. The molecule has 2 aromatic carbocycles. The monoisotopic (exact) mass is 389 g/mol. The highest BCUT2D eigenvalue weighted by molar-refractivity contribution is 5.71. The van der Waals surface area contributed by atoms with Crippen LogP contribution in [0.1, 0.15) is 24.1 Å². The van der Waals surface area contributed by atoms with E-state index in [1.807, 2.05) is 72.2 Å². The molecule has 7 heteroatoms. The third-order valence-electron chi connectivity index (χ3n) is 4.93.